The SMILES string of the molecule is CCCCCN=C(N)c1ccc(N2CCN(c3ccc(C(N)=NCCCCC)cc3)CC2)cc1. The number of aliphatic imine (C=N–C) groups is 2. The molecule has 0 atom stereocenters. The maximum absolute atomic E-state index is 6.17. The van der Waals surface area contributed by atoms with Crippen LogP contribution in [-0.4, -0.2) is 50.9 Å². The largest absolute Gasteiger partial charge is 0.384 e. The molecule has 6 heteroatoms. The average molecular weight is 463 g/mol. The van der Waals surface area contributed by atoms with Gasteiger partial charge in [-0.1, -0.05) is 39.5 Å². The maximum atomic E-state index is 6.17. The first-order valence-corrected chi connectivity index (χ1v) is 12.9. The highest BCUT2D eigenvalue weighted by Gasteiger charge is 2.18. The van der Waals surface area contributed by atoms with E-state index >= 15 is 0 Å². The molecule has 0 amide bonds. The van der Waals surface area contributed by atoms with Crippen LogP contribution in [0.1, 0.15) is 63.5 Å². The number of hydrogen-bond donors (Lipinski definition) is 2. The summed E-state index contributed by atoms with van der Waals surface area (Å²) in [5.74, 6) is 1.28. The standard InChI is InChI=1S/C28H42N6/c1-3-5-7-17-31-27(29)23-9-13-25(14-10-23)33-19-21-34(22-20-33)26-15-11-24(12-16-26)28(30)32-18-8-6-4-2/h9-16H,3-8,17-22H2,1-2H3,(H2,29,31)(H2,30,32). The molecule has 0 spiro atoms. The van der Waals surface area contributed by atoms with Crippen molar-refractivity contribution in [3.63, 3.8) is 0 Å². The number of unbranched alkanes of at least 4 members (excludes halogenated alkanes) is 4. The normalized spacial score (nSPS) is 15.1. The summed E-state index contributed by atoms with van der Waals surface area (Å²) in [5, 5.41) is 0. The van der Waals surface area contributed by atoms with Gasteiger partial charge in [0.05, 0.1) is 0 Å². The Morgan fingerprint density at radius 3 is 1.29 bits per heavy atom. The van der Waals surface area contributed by atoms with Crippen molar-refractivity contribution in [2.45, 2.75) is 52.4 Å². The van der Waals surface area contributed by atoms with Crippen molar-refractivity contribution < 1.29 is 0 Å². The molecule has 2 aromatic carbocycles. The zero-order chi connectivity index (χ0) is 24.2. The van der Waals surface area contributed by atoms with Crippen molar-refractivity contribution in [3.05, 3.63) is 59.7 Å². The summed E-state index contributed by atoms with van der Waals surface area (Å²) in [4.78, 5) is 13.9. The number of piperazine rings is 1. The molecule has 6 nitrogen and oxygen atoms in total. The highest BCUT2D eigenvalue weighted by Crippen LogP contribution is 2.21. The van der Waals surface area contributed by atoms with E-state index in [9.17, 15) is 0 Å². The Balaban J connectivity index is 1.50. The second kappa shape index (κ2) is 13.6. The zero-order valence-electron chi connectivity index (χ0n) is 21.0. The van der Waals surface area contributed by atoms with Gasteiger partial charge in [0.15, 0.2) is 0 Å². The summed E-state index contributed by atoms with van der Waals surface area (Å²) >= 11 is 0. The molecule has 0 aliphatic carbocycles. The second-order valence-corrected chi connectivity index (χ2v) is 9.02. The molecular weight excluding hydrogens is 420 g/mol. The first kappa shape index (κ1) is 25.6. The van der Waals surface area contributed by atoms with E-state index in [1.165, 1.54) is 37.1 Å². The molecule has 1 aliphatic heterocycles. The number of nitrogens with zero attached hydrogens (tertiary/aromatic N) is 4. The first-order chi connectivity index (χ1) is 16.6. The van der Waals surface area contributed by atoms with Crippen LogP contribution in [0.4, 0.5) is 11.4 Å². The quantitative estimate of drug-likeness (QED) is 0.269. The van der Waals surface area contributed by atoms with Gasteiger partial charge in [-0.15, -0.1) is 0 Å². The third-order valence-electron chi connectivity index (χ3n) is 6.42. The molecule has 184 valence electrons. The number of anilines is 2. The van der Waals surface area contributed by atoms with Gasteiger partial charge in [-0.2, -0.15) is 0 Å². The van der Waals surface area contributed by atoms with Crippen LogP contribution in [0.2, 0.25) is 0 Å². The lowest BCUT2D eigenvalue weighted by Crippen LogP contribution is -2.46. The number of benzene rings is 2. The van der Waals surface area contributed by atoms with Crippen LogP contribution < -0.4 is 21.3 Å². The first-order valence-electron chi connectivity index (χ1n) is 12.9. The fourth-order valence-electron chi connectivity index (χ4n) is 4.21. The van der Waals surface area contributed by atoms with Crippen LogP contribution in [0.5, 0.6) is 0 Å². The van der Waals surface area contributed by atoms with Crippen molar-refractivity contribution in [3.8, 4) is 0 Å². The predicted octanol–water partition coefficient (Wildman–Crippen LogP) is 4.80. The van der Waals surface area contributed by atoms with E-state index in [4.69, 9.17) is 11.5 Å². The highest BCUT2D eigenvalue weighted by atomic mass is 15.3. The van der Waals surface area contributed by atoms with Gasteiger partial charge in [0.2, 0.25) is 0 Å². The Labute approximate surface area is 205 Å². The molecule has 0 saturated carbocycles. The van der Waals surface area contributed by atoms with Gasteiger partial charge < -0.3 is 21.3 Å². The fourth-order valence-corrected chi connectivity index (χ4v) is 4.21. The van der Waals surface area contributed by atoms with Gasteiger partial charge in [0, 0.05) is 61.8 Å². The molecule has 0 aromatic heterocycles. The van der Waals surface area contributed by atoms with E-state index in [-0.39, 0.29) is 0 Å². The smallest absolute Gasteiger partial charge is 0.125 e. The Hall–Kier alpha value is -3.02. The lowest BCUT2D eigenvalue weighted by molar-refractivity contribution is 0.653. The van der Waals surface area contributed by atoms with E-state index in [1.807, 2.05) is 0 Å². The van der Waals surface area contributed by atoms with Crippen LogP contribution in [0.15, 0.2) is 58.5 Å². The van der Waals surface area contributed by atoms with Crippen LogP contribution in [0.25, 0.3) is 0 Å². The van der Waals surface area contributed by atoms with Gasteiger partial charge in [-0.25, -0.2) is 0 Å². The number of nitrogens with two attached hydrogens (primary N) is 2. The van der Waals surface area contributed by atoms with Crippen molar-refractivity contribution in [2.24, 2.45) is 21.5 Å². The average Bonchev–Trinajstić information content (AvgIpc) is 2.89. The highest BCUT2D eigenvalue weighted by molar-refractivity contribution is 5.98. The zero-order valence-corrected chi connectivity index (χ0v) is 21.0. The van der Waals surface area contributed by atoms with Gasteiger partial charge >= 0.3 is 0 Å². The van der Waals surface area contributed by atoms with Crippen LogP contribution in [0.3, 0.4) is 0 Å². The lowest BCUT2D eigenvalue weighted by atomic mass is 10.1. The minimum atomic E-state index is 0.641. The van der Waals surface area contributed by atoms with Gasteiger partial charge in [0.1, 0.15) is 11.7 Å². The molecule has 0 bridgehead atoms. The van der Waals surface area contributed by atoms with Gasteiger partial charge in [-0.3, -0.25) is 9.98 Å². The third-order valence-corrected chi connectivity index (χ3v) is 6.42. The summed E-state index contributed by atoms with van der Waals surface area (Å²) in [5.41, 5.74) is 16.8. The Morgan fingerprint density at radius 1 is 0.618 bits per heavy atom. The lowest BCUT2D eigenvalue weighted by Gasteiger charge is -2.37. The summed E-state index contributed by atoms with van der Waals surface area (Å²) in [6, 6.07) is 17.0. The molecule has 1 aliphatic rings. The Bertz CT molecular complexity index is 831. The van der Waals surface area contributed by atoms with Crippen LogP contribution >= 0.6 is 0 Å². The molecule has 3 rings (SSSR count). The van der Waals surface area contributed by atoms with Crippen molar-refractivity contribution in [1.29, 1.82) is 0 Å². The van der Waals surface area contributed by atoms with Crippen molar-refractivity contribution >= 4 is 23.0 Å². The second-order valence-electron chi connectivity index (χ2n) is 9.02. The molecule has 2 aromatic rings. The Morgan fingerprint density at radius 2 is 0.971 bits per heavy atom. The summed E-state index contributed by atoms with van der Waals surface area (Å²) in [7, 11) is 0. The molecule has 34 heavy (non-hydrogen) atoms. The number of rotatable bonds is 12. The molecule has 4 N–H and O–H groups in total. The summed E-state index contributed by atoms with van der Waals surface area (Å²) < 4.78 is 0. The molecule has 1 fully saturated rings. The molecule has 1 heterocycles. The minimum Gasteiger partial charge on any atom is -0.384 e. The minimum absolute atomic E-state index is 0.641. The van der Waals surface area contributed by atoms with E-state index in [2.05, 4.69) is 82.2 Å². The Kier molecular flexibility index (Phi) is 10.3. The van der Waals surface area contributed by atoms with E-state index < -0.39 is 0 Å². The molecule has 0 unspecified atom stereocenters. The van der Waals surface area contributed by atoms with Crippen molar-refractivity contribution in [1.82, 2.24) is 0 Å². The predicted molar refractivity (Wildman–Crippen MR) is 148 cm³/mol. The third kappa shape index (κ3) is 7.51. The number of hydrogen-bond acceptors (Lipinski definition) is 4. The fraction of sp³-hybridized carbons (Fsp3) is 0.500. The maximum Gasteiger partial charge on any atom is 0.125 e. The van der Waals surface area contributed by atoms with Gasteiger partial charge in [0.25, 0.3) is 0 Å². The molecule has 0 radical (unpaired) electrons. The molecule has 1 saturated heterocycles. The van der Waals surface area contributed by atoms with E-state index in [0.29, 0.717) is 11.7 Å². The summed E-state index contributed by atoms with van der Waals surface area (Å²) in [6.45, 7) is 9.97. The van der Waals surface area contributed by atoms with Crippen LogP contribution in [-0.2, 0) is 0 Å². The van der Waals surface area contributed by atoms with Gasteiger partial charge in [-0.05, 0) is 61.4 Å². The summed E-state index contributed by atoms with van der Waals surface area (Å²) in [6.07, 6.45) is 7.00. The van der Waals surface area contributed by atoms with E-state index in [1.54, 1.807) is 0 Å². The van der Waals surface area contributed by atoms with E-state index in [0.717, 1.165) is 63.2 Å². The van der Waals surface area contributed by atoms with Crippen LogP contribution in [0, 0.1) is 0 Å². The number of amidine groups is 2. The monoisotopic (exact) mass is 462 g/mol. The van der Waals surface area contributed by atoms with Crippen molar-refractivity contribution in [2.75, 3.05) is 49.1 Å². The topological polar surface area (TPSA) is 83.2 Å². The molecular formula is C28H42N6.